The summed E-state index contributed by atoms with van der Waals surface area (Å²) in [5, 5.41) is 0.757. The molecule has 0 aliphatic rings. The smallest absolute Gasteiger partial charge is 0.0406 e. The fraction of sp³-hybridized carbons (Fsp3) is 0.143. The van der Waals surface area contributed by atoms with Crippen molar-refractivity contribution in [2.75, 3.05) is 0 Å². The molecule has 4 heteroatoms. The van der Waals surface area contributed by atoms with Crippen LogP contribution in [0.15, 0.2) is 56.7 Å². The lowest BCUT2D eigenvalue weighted by molar-refractivity contribution is 0.811. The first-order chi connectivity index (χ1) is 8.56. The fourth-order valence-corrected chi connectivity index (χ4v) is 3.45. The minimum absolute atomic E-state index is 0.0361. The zero-order chi connectivity index (χ0) is 13.1. The van der Waals surface area contributed by atoms with Crippen molar-refractivity contribution in [3.63, 3.8) is 0 Å². The number of rotatable bonds is 3. The quantitative estimate of drug-likeness (QED) is 0.822. The summed E-state index contributed by atoms with van der Waals surface area (Å²) in [6, 6.07) is 14.1. The second-order valence-corrected chi connectivity index (χ2v) is 6.47. The Morgan fingerprint density at radius 1 is 1.11 bits per heavy atom. The van der Waals surface area contributed by atoms with E-state index >= 15 is 0 Å². The average Bonchev–Trinajstić information content (AvgIpc) is 2.32. The third kappa shape index (κ3) is 3.51. The number of nitrogens with two attached hydrogens (primary N) is 1. The molecule has 1 unspecified atom stereocenters. The van der Waals surface area contributed by atoms with Gasteiger partial charge >= 0.3 is 0 Å². The summed E-state index contributed by atoms with van der Waals surface area (Å²) in [6.45, 7) is 1.98. The minimum atomic E-state index is 0.0361. The monoisotopic (exact) mass is 341 g/mol. The summed E-state index contributed by atoms with van der Waals surface area (Å²) in [5.74, 6) is 0. The van der Waals surface area contributed by atoms with Gasteiger partial charge in [0.15, 0.2) is 0 Å². The average molecular weight is 343 g/mol. The first-order valence-corrected chi connectivity index (χ1v) is 7.53. The molecule has 0 saturated carbocycles. The van der Waals surface area contributed by atoms with Crippen molar-refractivity contribution in [1.82, 2.24) is 0 Å². The summed E-state index contributed by atoms with van der Waals surface area (Å²) in [4.78, 5) is 2.34. The van der Waals surface area contributed by atoms with Crippen molar-refractivity contribution in [2.24, 2.45) is 5.73 Å². The molecular formula is C14H13BrClNS. The van der Waals surface area contributed by atoms with Crippen molar-refractivity contribution in [2.45, 2.75) is 22.8 Å². The van der Waals surface area contributed by atoms with Gasteiger partial charge in [0.05, 0.1) is 0 Å². The Bertz CT molecular complexity index is 540. The first kappa shape index (κ1) is 13.9. The Morgan fingerprint density at radius 2 is 1.72 bits per heavy atom. The normalized spacial score (nSPS) is 12.4. The van der Waals surface area contributed by atoms with Gasteiger partial charge in [-0.1, -0.05) is 45.4 Å². The maximum Gasteiger partial charge on any atom is 0.0406 e. The highest BCUT2D eigenvalue weighted by atomic mass is 79.9. The zero-order valence-corrected chi connectivity index (χ0v) is 13.0. The Kier molecular flexibility index (Phi) is 4.73. The van der Waals surface area contributed by atoms with E-state index in [9.17, 15) is 0 Å². The molecule has 2 aromatic rings. The number of hydrogen-bond donors (Lipinski definition) is 1. The van der Waals surface area contributed by atoms with Gasteiger partial charge in [0, 0.05) is 25.3 Å². The number of halogens is 2. The fourth-order valence-electron chi connectivity index (χ4n) is 1.58. The van der Waals surface area contributed by atoms with Gasteiger partial charge in [0.2, 0.25) is 0 Å². The van der Waals surface area contributed by atoms with Gasteiger partial charge in [-0.25, -0.2) is 0 Å². The van der Waals surface area contributed by atoms with E-state index in [0.29, 0.717) is 0 Å². The maximum atomic E-state index is 5.88. The van der Waals surface area contributed by atoms with E-state index in [1.807, 2.05) is 31.2 Å². The summed E-state index contributed by atoms with van der Waals surface area (Å²) in [7, 11) is 0. The van der Waals surface area contributed by atoms with Crippen molar-refractivity contribution in [3.05, 3.63) is 57.5 Å². The van der Waals surface area contributed by atoms with Crippen LogP contribution in [-0.4, -0.2) is 0 Å². The van der Waals surface area contributed by atoms with E-state index in [-0.39, 0.29) is 6.04 Å². The molecule has 0 heterocycles. The predicted molar refractivity (Wildman–Crippen MR) is 82.3 cm³/mol. The highest BCUT2D eigenvalue weighted by Gasteiger charge is 2.06. The third-order valence-electron chi connectivity index (χ3n) is 2.51. The summed E-state index contributed by atoms with van der Waals surface area (Å²) >= 11 is 11.1. The Hall–Kier alpha value is -0.480. The molecule has 0 spiro atoms. The van der Waals surface area contributed by atoms with Crippen LogP contribution in [0.4, 0.5) is 0 Å². The van der Waals surface area contributed by atoms with Crippen LogP contribution >= 0.6 is 39.3 Å². The molecule has 2 aromatic carbocycles. The molecule has 2 rings (SSSR count). The van der Waals surface area contributed by atoms with Crippen LogP contribution in [0.2, 0.25) is 5.02 Å². The Morgan fingerprint density at radius 3 is 2.28 bits per heavy atom. The minimum Gasteiger partial charge on any atom is -0.324 e. The molecule has 0 bridgehead atoms. The molecule has 18 heavy (non-hydrogen) atoms. The molecule has 0 amide bonds. The molecule has 0 fully saturated rings. The van der Waals surface area contributed by atoms with E-state index in [1.165, 1.54) is 9.79 Å². The van der Waals surface area contributed by atoms with E-state index < -0.39 is 0 Å². The van der Waals surface area contributed by atoms with Crippen LogP contribution in [0.5, 0.6) is 0 Å². The van der Waals surface area contributed by atoms with Gasteiger partial charge in [-0.3, -0.25) is 0 Å². The molecule has 0 aliphatic carbocycles. The molecule has 0 radical (unpaired) electrons. The van der Waals surface area contributed by atoms with E-state index in [0.717, 1.165) is 15.1 Å². The van der Waals surface area contributed by atoms with Gasteiger partial charge in [-0.05, 0) is 48.9 Å². The number of benzene rings is 2. The lowest BCUT2D eigenvalue weighted by Gasteiger charge is -2.10. The standard InChI is InChI=1S/C14H13BrClNS/c1-9(17)13-7-6-12(8-14(13)15)18-11-4-2-10(16)3-5-11/h2-9H,17H2,1H3. The van der Waals surface area contributed by atoms with Crippen LogP contribution < -0.4 is 5.73 Å². The van der Waals surface area contributed by atoms with Gasteiger partial charge in [0.25, 0.3) is 0 Å². The second kappa shape index (κ2) is 6.11. The van der Waals surface area contributed by atoms with Crippen molar-refractivity contribution >= 4 is 39.3 Å². The largest absolute Gasteiger partial charge is 0.324 e. The van der Waals surface area contributed by atoms with E-state index in [4.69, 9.17) is 17.3 Å². The summed E-state index contributed by atoms with van der Waals surface area (Å²) in [5.41, 5.74) is 7.00. The second-order valence-electron chi connectivity index (χ2n) is 4.03. The van der Waals surface area contributed by atoms with Crippen molar-refractivity contribution < 1.29 is 0 Å². The highest BCUT2D eigenvalue weighted by molar-refractivity contribution is 9.10. The third-order valence-corrected chi connectivity index (χ3v) is 4.45. The topological polar surface area (TPSA) is 26.0 Å². The first-order valence-electron chi connectivity index (χ1n) is 5.54. The van der Waals surface area contributed by atoms with Gasteiger partial charge < -0.3 is 5.73 Å². The molecular weight excluding hydrogens is 330 g/mol. The molecule has 1 nitrogen and oxygen atoms in total. The molecule has 0 saturated heterocycles. The van der Waals surface area contributed by atoms with Crippen LogP contribution in [0, 0.1) is 0 Å². The van der Waals surface area contributed by atoms with Gasteiger partial charge in [-0.15, -0.1) is 0 Å². The van der Waals surface area contributed by atoms with Crippen LogP contribution in [-0.2, 0) is 0 Å². The molecule has 1 atom stereocenters. The molecule has 2 N–H and O–H groups in total. The van der Waals surface area contributed by atoms with Gasteiger partial charge in [0.1, 0.15) is 0 Å². The summed E-state index contributed by atoms with van der Waals surface area (Å²) < 4.78 is 1.05. The predicted octanol–water partition coefficient (Wildman–Crippen LogP) is 5.27. The highest BCUT2D eigenvalue weighted by Crippen LogP contribution is 2.32. The molecule has 0 aliphatic heterocycles. The van der Waals surface area contributed by atoms with Gasteiger partial charge in [-0.2, -0.15) is 0 Å². The van der Waals surface area contributed by atoms with Crippen LogP contribution in [0.1, 0.15) is 18.5 Å². The van der Waals surface area contributed by atoms with Crippen molar-refractivity contribution in [1.29, 1.82) is 0 Å². The SMILES string of the molecule is CC(N)c1ccc(Sc2ccc(Cl)cc2)cc1Br. The van der Waals surface area contributed by atoms with E-state index in [2.05, 4.69) is 34.1 Å². The Balaban J connectivity index is 2.20. The number of hydrogen-bond acceptors (Lipinski definition) is 2. The Labute approximate surface area is 125 Å². The zero-order valence-electron chi connectivity index (χ0n) is 9.86. The van der Waals surface area contributed by atoms with Crippen LogP contribution in [0.25, 0.3) is 0 Å². The van der Waals surface area contributed by atoms with Crippen molar-refractivity contribution in [3.8, 4) is 0 Å². The van der Waals surface area contributed by atoms with E-state index in [1.54, 1.807) is 11.8 Å². The molecule has 94 valence electrons. The summed E-state index contributed by atoms with van der Waals surface area (Å²) in [6.07, 6.45) is 0. The lowest BCUT2D eigenvalue weighted by atomic mass is 10.1. The maximum absolute atomic E-state index is 5.88. The molecule has 0 aromatic heterocycles. The lowest BCUT2D eigenvalue weighted by Crippen LogP contribution is -2.05. The van der Waals surface area contributed by atoms with Crippen LogP contribution in [0.3, 0.4) is 0 Å².